The van der Waals surface area contributed by atoms with Crippen molar-refractivity contribution in [1.29, 1.82) is 0 Å². The van der Waals surface area contributed by atoms with Gasteiger partial charge in [-0.25, -0.2) is 4.79 Å². The maximum Gasteiger partial charge on any atom is 0.323 e. The smallest absolute Gasteiger partial charge is 0.323 e. The van der Waals surface area contributed by atoms with Gasteiger partial charge < -0.3 is 35.2 Å². The third-order valence-corrected chi connectivity index (χ3v) is 7.59. The van der Waals surface area contributed by atoms with Crippen LogP contribution < -0.4 is 30.5 Å². The van der Waals surface area contributed by atoms with Gasteiger partial charge in [-0.1, -0.05) is 12.1 Å². The lowest BCUT2D eigenvalue weighted by Gasteiger charge is -2.38. The second-order valence-electron chi connectivity index (χ2n) is 9.49. The molecule has 218 valence electrons. The van der Waals surface area contributed by atoms with E-state index in [-0.39, 0.29) is 11.9 Å². The van der Waals surface area contributed by atoms with Gasteiger partial charge in [-0.05, 0) is 74.2 Å². The maximum absolute atomic E-state index is 13.4. The largest absolute Gasteiger partial charge is 0.495 e. The zero-order valence-electron chi connectivity index (χ0n) is 23.9. The standard InChI is InChI=1S/C31H39N5O4S/c1-4-40-21-7-16-32-30(37)26-22-24(34-31(38)33-23-10-13-25(41-3)14-11-23)12-15-27(26)35-17-19-36(20-18-35)28-8-5-6-9-29(28)39-2/h5-6,8-15,22H,4,7,16-21H2,1-3H3,(H,32,37)(H2,33,34,38). The average Bonchev–Trinajstić information content (AvgIpc) is 3.01. The Morgan fingerprint density at radius 3 is 2.22 bits per heavy atom. The van der Waals surface area contributed by atoms with Crippen LogP contribution in [0.2, 0.25) is 0 Å². The van der Waals surface area contributed by atoms with Crippen LogP contribution in [0.3, 0.4) is 0 Å². The van der Waals surface area contributed by atoms with E-state index in [4.69, 9.17) is 9.47 Å². The number of urea groups is 1. The van der Waals surface area contributed by atoms with Gasteiger partial charge in [0.15, 0.2) is 0 Å². The number of hydrogen-bond acceptors (Lipinski definition) is 7. The Kier molecular flexibility index (Phi) is 11.2. The van der Waals surface area contributed by atoms with Gasteiger partial charge in [-0.15, -0.1) is 11.8 Å². The number of thioether (sulfide) groups is 1. The molecule has 1 saturated heterocycles. The number of amides is 3. The van der Waals surface area contributed by atoms with Crippen LogP contribution in [0.15, 0.2) is 71.6 Å². The number of carbonyl (C=O) groups is 2. The number of rotatable bonds is 12. The Morgan fingerprint density at radius 1 is 0.878 bits per heavy atom. The fourth-order valence-corrected chi connectivity index (χ4v) is 5.14. The summed E-state index contributed by atoms with van der Waals surface area (Å²) in [6.45, 7) is 6.74. The van der Waals surface area contributed by atoms with Crippen molar-refractivity contribution < 1.29 is 19.1 Å². The number of carbonyl (C=O) groups excluding carboxylic acids is 2. The van der Waals surface area contributed by atoms with Crippen LogP contribution in [0.4, 0.5) is 27.5 Å². The fraction of sp³-hybridized carbons (Fsp3) is 0.355. The Hall–Kier alpha value is -3.89. The van der Waals surface area contributed by atoms with E-state index in [2.05, 4.69) is 31.8 Å². The molecule has 41 heavy (non-hydrogen) atoms. The second-order valence-corrected chi connectivity index (χ2v) is 10.4. The maximum atomic E-state index is 13.4. The van der Waals surface area contributed by atoms with Crippen LogP contribution in [-0.2, 0) is 4.74 Å². The molecule has 3 amide bonds. The molecule has 3 aromatic rings. The number of hydrogen-bond donors (Lipinski definition) is 3. The first-order chi connectivity index (χ1) is 20.0. The van der Waals surface area contributed by atoms with E-state index in [9.17, 15) is 9.59 Å². The average molecular weight is 578 g/mol. The van der Waals surface area contributed by atoms with Crippen molar-refractivity contribution in [3.8, 4) is 5.75 Å². The summed E-state index contributed by atoms with van der Waals surface area (Å²) in [6.07, 6.45) is 2.73. The summed E-state index contributed by atoms with van der Waals surface area (Å²) in [5, 5.41) is 8.74. The molecule has 3 aromatic carbocycles. The molecule has 1 fully saturated rings. The van der Waals surface area contributed by atoms with E-state index < -0.39 is 0 Å². The number of benzene rings is 3. The number of methoxy groups -OCH3 is 1. The molecule has 0 atom stereocenters. The molecule has 9 nitrogen and oxygen atoms in total. The lowest BCUT2D eigenvalue weighted by Crippen LogP contribution is -2.47. The molecule has 4 rings (SSSR count). The number of nitrogens with zero attached hydrogens (tertiary/aromatic N) is 2. The van der Waals surface area contributed by atoms with E-state index in [0.29, 0.717) is 36.7 Å². The van der Waals surface area contributed by atoms with Crippen molar-refractivity contribution in [2.24, 2.45) is 0 Å². The Balaban J connectivity index is 1.47. The molecule has 0 aromatic heterocycles. The van der Waals surface area contributed by atoms with Crippen molar-refractivity contribution >= 4 is 46.4 Å². The molecule has 1 heterocycles. The SMILES string of the molecule is CCOCCCNC(=O)c1cc(NC(=O)Nc2ccc(SC)cc2)ccc1N1CCN(c2ccccc2OC)CC1. The zero-order valence-corrected chi connectivity index (χ0v) is 24.8. The number of piperazine rings is 1. The van der Waals surface area contributed by atoms with Crippen LogP contribution in [0.5, 0.6) is 5.75 Å². The highest BCUT2D eigenvalue weighted by atomic mass is 32.2. The molecule has 1 aliphatic rings. The lowest BCUT2D eigenvalue weighted by molar-refractivity contribution is 0.0944. The summed E-state index contributed by atoms with van der Waals surface area (Å²) in [6, 6.07) is 20.8. The van der Waals surface area contributed by atoms with Crippen molar-refractivity contribution in [3.63, 3.8) is 0 Å². The van der Waals surface area contributed by atoms with Gasteiger partial charge in [0.05, 0.1) is 18.4 Å². The first-order valence-corrected chi connectivity index (χ1v) is 15.1. The van der Waals surface area contributed by atoms with Crippen molar-refractivity contribution in [1.82, 2.24) is 5.32 Å². The van der Waals surface area contributed by atoms with Crippen LogP contribution in [0.1, 0.15) is 23.7 Å². The molecule has 0 aliphatic carbocycles. The normalized spacial score (nSPS) is 13.0. The van der Waals surface area contributed by atoms with Gasteiger partial charge in [0.2, 0.25) is 0 Å². The third kappa shape index (κ3) is 8.31. The molecule has 1 aliphatic heterocycles. The van der Waals surface area contributed by atoms with Crippen molar-refractivity contribution in [2.45, 2.75) is 18.2 Å². The first-order valence-electron chi connectivity index (χ1n) is 13.9. The molecule has 3 N–H and O–H groups in total. The summed E-state index contributed by atoms with van der Waals surface area (Å²) < 4.78 is 11.0. The summed E-state index contributed by atoms with van der Waals surface area (Å²) in [7, 11) is 1.69. The van der Waals surface area contributed by atoms with Gasteiger partial charge in [0, 0.05) is 67.9 Å². The Labute approximate surface area is 246 Å². The van der Waals surface area contributed by atoms with E-state index in [1.165, 1.54) is 0 Å². The minimum atomic E-state index is -0.372. The summed E-state index contributed by atoms with van der Waals surface area (Å²) in [4.78, 5) is 31.7. The van der Waals surface area contributed by atoms with E-state index >= 15 is 0 Å². The van der Waals surface area contributed by atoms with Crippen LogP contribution in [-0.4, -0.2) is 71.2 Å². The first kappa shape index (κ1) is 30.1. The van der Waals surface area contributed by atoms with Crippen LogP contribution in [0, 0.1) is 0 Å². The highest BCUT2D eigenvalue weighted by molar-refractivity contribution is 7.98. The quantitative estimate of drug-likeness (QED) is 0.192. The van der Waals surface area contributed by atoms with E-state index in [1.54, 1.807) is 24.9 Å². The topological polar surface area (TPSA) is 95.2 Å². The zero-order chi connectivity index (χ0) is 29.0. The molecule has 0 radical (unpaired) electrons. The molecule has 0 spiro atoms. The van der Waals surface area contributed by atoms with E-state index in [0.717, 1.165) is 54.6 Å². The monoisotopic (exact) mass is 577 g/mol. The van der Waals surface area contributed by atoms with Crippen molar-refractivity contribution in [3.05, 3.63) is 72.3 Å². The Bertz CT molecular complexity index is 1300. The van der Waals surface area contributed by atoms with Gasteiger partial charge in [-0.3, -0.25) is 4.79 Å². The summed E-state index contributed by atoms with van der Waals surface area (Å²) >= 11 is 1.64. The number of para-hydroxylation sites is 2. The van der Waals surface area contributed by atoms with Crippen molar-refractivity contribution in [2.75, 3.05) is 79.7 Å². The molecular weight excluding hydrogens is 538 g/mol. The van der Waals surface area contributed by atoms with Crippen LogP contribution in [0.25, 0.3) is 0 Å². The number of nitrogens with one attached hydrogen (secondary N) is 3. The van der Waals surface area contributed by atoms with Gasteiger partial charge >= 0.3 is 6.03 Å². The second kappa shape index (κ2) is 15.2. The molecular formula is C31H39N5O4S. The van der Waals surface area contributed by atoms with Gasteiger partial charge in [-0.2, -0.15) is 0 Å². The van der Waals surface area contributed by atoms with E-state index in [1.807, 2.05) is 67.8 Å². The van der Waals surface area contributed by atoms with Gasteiger partial charge in [0.1, 0.15) is 5.75 Å². The molecule has 0 unspecified atom stereocenters. The highest BCUT2D eigenvalue weighted by Crippen LogP contribution is 2.31. The number of ether oxygens (including phenoxy) is 2. The molecule has 0 saturated carbocycles. The van der Waals surface area contributed by atoms with Crippen LogP contribution >= 0.6 is 11.8 Å². The minimum Gasteiger partial charge on any atom is -0.495 e. The fourth-order valence-electron chi connectivity index (χ4n) is 4.73. The minimum absolute atomic E-state index is 0.180. The number of anilines is 4. The molecule has 0 bridgehead atoms. The molecule has 10 heteroatoms. The Morgan fingerprint density at radius 2 is 1.54 bits per heavy atom. The predicted octanol–water partition coefficient (Wildman–Crippen LogP) is 5.54. The van der Waals surface area contributed by atoms with Gasteiger partial charge in [0.25, 0.3) is 5.91 Å². The highest BCUT2D eigenvalue weighted by Gasteiger charge is 2.24. The summed E-state index contributed by atoms with van der Waals surface area (Å²) in [5.74, 6) is 0.669. The third-order valence-electron chi connectivity index (χ3n) is 6.85. The predicted molar refractivity (Wildman–Crippen MR) is 168 cm³/mol. The summed E-state index contributed by atoms with van der Waals surface area (Å²) in [5.41, 5.74) is 3.66. The lowest BCUT2D eigenvalue weighted by atomic mass is 10.1.